The number of aryl methyl sites for hydroxylation is 1. The van der Waals surface area contributed by atoms with Gasteiger partial charge in [-0.15, -0.1) is 11.6 Å². The smallest absolute Gasteiger partial charge is 0.164 e. The molecule has 1 aromatic rings. The van der Waals surface area contributed by atoms with Crippen molar-refractivity contribution in [1.82, 2.24) is 0 Å². The lowest BCUT2D eigenvalue weighted by Gasteiger charge is -2.03. The van der Waals surface area contributed by atoms with Gasteiger partial charge in [-0.2, -0.15) is 0 Å². The molecular formula is C10H10ClIO. The maximum absolute atomic E-state index is 11.5. The molecule has 1 aromatic carbocycles. The second-order valence-corrected chi connectivity index (χ2v) is 4.44. The van der Waals surface area contributed by atoms with Crippen molar-refractivity contribution < 1.29 is 4.79 Å². The Kier molecular flexibility index (Phi) is 4.19. The molecule has 0 aliphatic rings. The molecule has 1 rings (SSSR count). The van der Waals surface area contributed by atoms with Crippen molar-refractivity contribution >= 4 is 40.0 Å². The third-order valence-electron chi connectivity index (χ3n) is 1.82. The average Bonchev–Trinajstić information content (AvgIpc) is 2.09. The van der Waals surface area contributed by atoms with Crippen molar-refractivity contribution in [3.05, 3.63) is 32.9 Å². The molecule has 0 aliphatic carbocycles. The van der Waals surface area contributed by atoms with Gasteiger partial charge in [0.25, 0.3) is 0 Å². The first-order chi connectivity index (χ1) is 6.15. The van der Waals surface area contributed by atoms with Gasteiger partial charge in [-0.25, -0.2) is 0 Å². The fourth-order valence-electron chi connectivity index (χ4n) is 1.12. The van der Waals surface area contributed by atoms with Gasteiger partial charge in [0.15, 0.2) is 5.78 Å². The van der Waals surface area contributed by atoms with Gasteiger partial charge in [-0.3, -0.25) is 4.79 Å². The van der Waals surface area contributed by atoms with Crippen LogP contribution in [0.3, 0.4) is 0 Å². The van der Waals surface area contributed by atoms with Gasteiger partial charge in [0.1, 0.15) is 0 Å². The molecule has 13 heavy (non-hydrogen) atoms. The summed E-state index contributed by atoms with van der Waals surface area (Å²) in [4.78, 5) is 11.5. The maximum atomic E-state index is 11.5. The summed E-state index contributed by atoms with van der Waals surface area (Å²) in [5.74, 6) is 0.523. The van der Waals surface area contributed by atoms with Gasteiger partial charge in [-0.1, -0.05) is 6.07 Å². The van der Waals surface area contributed by atoms with Gasteiger partial charge in [0.2, 0.25) is 0 Å². The largest absolute Gasteiger partial charge is 0.294 e. The van der Waals surface area contributed by atoms with Crippen LogP contribution >= 0.6 is 34.2 Å². The Bertz CT molecular complexity index is 323. The van der Waals surface area contributed by atoms with Crippen LogP contribution in [0.5, 0.6) is 0 Å². The van der Waals surface area contributed by atoms with E-state index in [0.717, 1.165) is 14.7 Å². The predicted octanol–water partition coefficient (Wildman–Crippen LogP) is 3.41. The predicted molar refractivity (Wildman–Crippen MR) is 63.6 cm³/mol. The van der Waals surface area contributed by atoms with E-state index >= 15 is 0 Å². The third-order valence-corrected chi connectivity index (χ3v) is 2.68. The molecule has 0 aliphatic heterocycles. The van der Waals surface area contributed by atoms with Gasteiger partial charge in [-0.05, 0) is 47.2 Å². The zero-order valence-electron chi connectivity index (χ0n) is 7.31. The number of benzene rings is 1. The fraction of sp³-hybridized carbons (Fsp3) is 0.300. The molecule has 70 valence electrons. The lowest BCUT2D eigenvalue weighted by Crippen LogP contribution is -2.02. The molecule has 0 unspecified atom stereocenters. The van der Waals surface area contributed by atoms with E-state index < -0.39 is 0 Å². The summed E-state index contributed by atoms with van der Waals surface area (Å²) < 4.78 is 1.08. The highest BCUT2D eigenvalue weighted by Gasteiger charge is 2.08. The molecule has 0 atom stereocenters. The maximum Gasteiger partial charge on any atom is 0.164 e. The van der Waals surface area contributed by atoms with Crippen molar-refractivity contribution in [2.75, 3.05) is 5.88 Å². The van der Waals surface area contributed by atoms with E-state index in [2.05, 4.69) is 22.6 Å². The van der Waals surface area contributed by atoms with Crippen LogP contribution in [0, 0.1) is 10.5 Å². The van der Waals surface area contributed by atoms with E-state index in [1.165, 1.54) is 0 Å². The van der Waals surface area contributed by atoms with E-state index in [1.54, 1.807) is 0 Å². The van der Waals surface area contributed by atoms with Crippen LogP contribution < -0.4 is 0 Å². The molecule has 0 N–H and O–H groups in total. The van der Waals surface area contributed by atoms with Crippen molar-refractivity contribution in [2.24, 2.45) is 0 Å². The summed E-state index contributed by atoms with van der Waals surface area (Å²) in [6.45, 7) is 1.94. The number of hydrogen-bond acceptors (Lipinski definition) is 1. The van der Waals surface area contributed by atoms with Gasteiger partial charge >= 0.3 is 0 Å². The number of Topliss-reactive ketones (excluding diaryl/α,β-unsaturated/α-hetero) is 1. The summed E-state index contributed by atoms with van der Waals surface area (Å²) in [7, 11) is 0. The second kappa shape index (κ2) is 4.96. The van der Waals surface area contributed by atoms with E-state index in [1.807, 2.05) is 25.1 Å². The van der Waals surface area contributed by atoms with Crippen molar-refractivity contribution in [3.63, 3.8) is 0 Å². The quantitative estimate of drug-likeness (QED) is 0.475. The molecule has 1 nitrogen and oxygen atoms in total. The van der Waals surface area contributed by atoms with Crippen LogP contribution in [-0.4, -0.2) is 11.7 Å². The zero-order chi connectivity index (χ0) is 9.84. The molecular weight excluding hydrogens is 298 g/mol. The van der Waals surface area contributed by atoms with Gasteiger partial charge in [0.05, 0.1) is 0 Å². The summed E-state index contributed by atoms with van der Waals surface area (Å²) >= 11 is 7.71. The lowest BCUT2D eigenvalue weighted by atomic mass is 10.0. The highest BCUT2D eigenvalue weighted by molar-refractivity contribution is 14.1. The van der Waals surface area contributed by atoms with Crippen LogP contribution in [0.4, 0.5) is 0 Å². The second-order valence-electron chi connectivity index (χ2n) is 2.82. The molecule has 0 heterocycles. The first-order valence-electron chi connectivity index (χ1n) is 4.00. The Morgan fingerprint density at radius 2 is 2.23 bits per heavy atom. The standard InChI is InChI=1S/C10H10ClIO/c1-7-2-3-8(12)6-9(7)10(13)4-5-11/h2-3,6H,4-5H2,1H3. The van der Waals surface area contributed by atoms with E-state index in [-0.39, 0.29) is 5.78 Å². The lowest BCUT2D eigenvalue weighted by molar-refractivity contribution is 0.0988. The molecule has 0 spiro atoms. The average molecular weight is 309 g/mol. The highest BCUT2D eigenvalue weighted by Crippen LogP contribution is 2.15. The monoisotopic (exact) mass is 308 g/mol. The molecule has 3 heteroatoms. The third kappa shape index (κ3) is 2.95. The fourth-order valence-corrected chi connectivity index (χ4v) is 1.78. The molecule has 0 amide bonds. The van der Waals surface area contributed by atoms with E-state index in [4.69, 9.17) is 11.6 Å². The highest BCUT2D eigenvalue weighted by atomic mass is 127. The number of alkyl halides is 1. The molecule has 0 saturated carbocycles. The number of rotatable bonds is 3. The van der Waals surface area contributed by atoms with Crippen molar-refractivity contribution in [1.29, 1.82) is 0 Å². The SMILES string of the molecule is Cc1ccc(I)cc1C(=O)CCCl. The van der Waals surface area contributed by atoms with Crippen LogP contribution in [0.2, 0.25) is 0 Å². The van der Waals surface area contributed by atoms with Crippen LogP contribution in [0.1, 0.15) is 22.3 Å². The number of carbonyl (C=O) groups excluding carboxylic acids is 1. The number of carbonyl (C=O) groups is 1. The summed E-state index contributed by atoms with van der Waals surface area (Å²) in [6, 6.07) is 5.86. The minimum Gasteiger partial charge on any atom is -0.294 e. The Balaban J connectivity index is 2.99. The first kappa shape index (κ1) is 11.0. The minimum absolute atomic E-state index is 0.131. The number of ketones is 1. The zero-order valence-corrected chi connectivity index (χ0v) is 10.2. The number of halogens is 2. The Morgan fingerprint density at radius 3 is 2.85 bits per heavy atom. The minimum atomic E-state index is 0.131. The molecule has 0 saturated heterocycles. The van der Waals surface area contributed by atoms with Crippen molar-refractivity contribution in [2.45, 2.75) is 13.3 Å². The Labute approximate surface area is 96.6 Å². The molecule has 0 bridgehead atoms. The van der Waals surface area contributed by atoms with E-state index in [9.17, 15) is 4.79 Å². The van der Waals surface area contributed by atoms with E-state index in [0.29, 0.717) is 12.3 Å². The topological polar surface area (TPSA) is 17.1 Å². The first-order valence-corrected chi connectivity index (χ1v) is 5.62. The molecule has 0 radical (unpaired) electrons. The van der Waals surface area contributed by atoms with Crippen molar-refractivity contribution in [3.8, 4) is 0 Å². The van der Waals surface area contributed by atoms with Gasteiger partial charge in [0, 0.05) is 21.4 Å². The normalized spacial score (nSPS) is 10.1. The van der Waals surface area contributed by atoms with Crippen LogP contribution in [-0.2, 0) is 0 Å². The number of hydrogen-bond donors (Lipinski definition) is 0. The Hall–Kier alpha value is -0.0900. The Morgan fingerprint density at radius 1 is 1.54 bits per heavy atom. The van der Waals surface area contributed by atoms with Crippen LogP contribution in [0.25, 0.3) is 0 Å². The molecule has 0 aromatic heterocycles. The molecule has 0 fully saturated rings. The summed E-state index contributed by atoms with van der Waals surface area (Å²) in [6.07, 6.45) is 0.419. The van der Waals surface area contributed by atoms with Crippen LogP contribution in [0.15, 0.2) is 18.2 Å². The van der Waals surface area contributed by atoms with Gasteiger partial charge < -0.3 is 0 Å². The summed E-state index contributed by atoms with van der Waals surface area (Å²) in [5, 5.41) is 0. The summed E-state index contributed by atoms with van der Waals surface area (Å²) in [5.41, 5.74) is 1.82.